The Hall–Kier alpha value is -1.13. The first kappa shape index (κ1) is 14.9. The van der Waals surface area contributed by atoms with Gasteiger partial charge in [0.15, 0.2) is 6.29 Å². The highest BCUT2D eigenvalue weighted by molar-refractivity contribution is 5.32. The fraction of sp³-hybridized carbons (Fsp3) is 0.571. The molecule has 0 aliphatic rings. The Morgan fingerprint density at radius 3 is 2.44 bits per heavy atom. The summed E-state index contributed by atoms with van der Waals surface area (Å²) in [5.41, 5.74) is 0.917. The van der Waals surface area contributed by atoms with Crippen LogP contribution < -0.4 is 4.74 Å². The maximum atomic E-state index is 13.0. The summed E-state index contributed by atoms with van der Waals surface area (Å²) >= 11 is 0. The molecule has 0 fully saturated rings. The van der Waals surface area contributed by atoms with E-state index >= 15 is 0 Å². The molecule has 1 rings (SSSR count). The molecule has 4 heteroatoms. The predicted octanol–water partition coefficient (Wildman–Crippen LogP) is 3.30. The molecule has 3 nitrogen and oxygen atoms in total. The number of aryl methyl sites for hydroxylation is 1. The summed E-state index contributed by atoms with van der Waals surface area (Å²) in [5.74, 6) is 0.281. The summed E-state index contributed by atoms with van der Waals surface area (Å²) in [6.45, 7) is 7.37. The van der Waals surface area contributed by atoms with Gasteiger partial charge in [-0.15, -0.1) is 0 Å². The van der Waals surface area contributed by atoms with E-state index in [9.17, 15) is 4.39 Å². The van der Waals surface area contributed by atoms with Crippen molar-refractivity contribution in [2.45, 2.75) is 33.5 Å². The molecule has 0 radical (unpaired) electrons. The van der Waals surface area contributed by atoms with E-state index in [1.807, 2.05) is 20.8 Å². The van der Waals surface area contributed by atoms with Crippen LogP contribution in [0.15, 0.2) is 18.2 Å². The molecule has 18 heavy (non-hydrogen) atoms. The van der Waals surface area contributed by atoms with E-state index in [-0.39, 0.29) is 12.1 Å². The highest BCUT2D eigenvalue weighted by Crippen LogP contribution is 2.19. The van der Waals surface area contributed by atoms with Crippen molar-refractivity contribution in [3.8, 4) is 5.75 Å². The van der Waals surface area contributed by atoms with Gasteiger partial charge in [0.25, 0.3) is 0 Å². The molecule has 0 saturated heterocycles. The van der Waals surface area contributed by atoms with Gasteiger partial charge in [-0.1, -0.05) is 6.07 Å². The molecule has 0 atom stereocenters. The number of hydrogen-bond acceptors (Lipinski definition) is 3. The average molecular weight is 256 g/mol. The highest BCUT2D eigenvalue weighted by Gasteiger charge is 2.09. The van der Waals surface area contributed by atoms with Crippen molar-refractivity contribution in [1.29, 1.82) is 0 Å². The third-order valence-corrected chi connectivity index (χ3v) is 2.47. The van der Waals surface area contributed by atoms with Crippen LogP contribution in [0, 0.1) is 12.7 Å². The van der Waals surface area contributed by atoms with Crippen LogP contribution in [0.25, 0.3) is 0 Å². The van der Waals surface area contributed by atoms with Crippen molar-refractivity contribution in [3.05, 3.63) is 29.6 Å². The Balaban J connectivity index is 2.41. The summed E-state index contributed by atoms with van der Waals surface area (Å²) in [7, 11) is 0. The maximum Gasteiger partial charge on any atom is 0.160 e. The quantitative estimate of drug-likeness (QED) is 0.668. The highest BCUT2D eigenvalue weighted by atomic mass is 19.1. The second-order valence-corrected chi connectivity index (χ2v) is 3.89. The summed E-state index contributed by atoms with van der Waals surface area (Å²) in [6.07, 6.45) is 0.367. The fourth-order valence-electron chi connectivity index (χ4n) is 1.58. The van der Waals surface area contributed by atoms with E-state index in [1.165, 1.54) is 12.1 Å². The van der Waals surface area contributed by atoms with Crippen LogP contribution in [0.1, 0.15) is 25.8 Å². The second-order valence-electron chi connectivity index (χ2n) is 3.89. The molecule has 0 aromatic heterocycles. The van der Waals surface area contributed by atoms with Crippen LogP contribution in [0.4, 0.5) is 4.39 Å². The summed E-state index contributed by atoms with van der Waals surface area (Å²) in [4.78, 5) is 0. The fourth-order valence-corrected chi connectivity index (χ4v) is 1.58. The lowest BCUT2D eigenvalue weighted by atomic mass is 10.2. The van der Waals surface area contributed by atoms with Gasteiger partial charge in [-0.05, 0) is 32.4 Å². The minimum Gasteiger partial charge on any atom is -0.493 e. The van der Waals surface area contributed by atoms with Gasteiger partial charge < -0.3 is 14.2 Å². The smallest absolute Gasteiger partial charge is 0.160 e. The van der Waals surface area contributed by atoms with Gasteiger partial charge in [0, 0.05) is 25.7 Å². The summed E-state index contributed by atoms with van der Waals surface area (Å²) in [5, 5.41) is 0. The first-order chi connectivity index (χ1) is 8.67. The molecule has 0 aliphatic heterocycles. The van der Waals surface area contributed by atoms with Crippen molar-refractivity contribution in [2.24, 2.45) is 0 Å². The molecule has 0 saturated carbocycles. The second kappa shape index (κ2) is 8.06. The third-order valence-electron chi connectivity index (χ3n) is 2.47. The Bertz CT molecular complexity index is 349. The van der Waals surface area contributed by atoms with Crippen LogP contribution in [-0.4, -0.2) is 26.1 Å². The average Bonchev–Trinajstić information content (AvgIpc) is 2.34. The molecular weight excluding hydrogens is 235 g/mol. The van der Waals surface area contributed by atoms with E-state index in [1.54, 1.807) is 6.07 Å². The molecule has 0 amide bonds. The van der Waals surface area contributed by atoms with E-state index in [0.717, 1.165) is 5.56 Å². The molecule has 0 N–H and O–H groups in total. The molecule has 102 valence electrons. The first-order valence-corrected chi connectivity index (χ1v) is 6.29. The monoisotopic (exact) mass is 256 g/mol. The molecule has 0 heterocycles. The number of halogens is 1. The molecule has 0 spiro atoms. The van der Waals surface area contributed by atoms with E-state index in [4.69, 9.17) is 14.2 Å². The first-order valence-electron chi connectivity index (χ1n) is 6.29. The van der Waals surface area contributed by atoms with Crippen molar-refractivity contribution >= 4 is 0 Å². The minimum absolute atomic E-state index is 0.256. The van der Waals surface area contributed by atoms with E-state index in [0.29, 0.717) is 32.0 Å². The molecule has 0 bridgehead atoms. The molecule has 0 aliphatic carbocycles. The zero-order chi connectivity index (χ0) is 13.4. The summed E-state index contributed by atoms with van der Waals surface area (Å²) < 4.78 is 29.4. The predicted molar refractivity (Wildman–Crippen MR) is 68.3 cm³/mol. The van der Waals surface area contributed by atoms with Crippen LogP contribution in [0.5, 0.6) is 5.75 Å². The van der Waals surface area contributed by atoms with Gasteiger partial charge in [-0.3, -0.25) is 0 Å². The van der Waals surface area contributed by atoms with Crippen molar-refractivity contribution in [1.82, 2.24) is 0 Å². The topological polar surface area (TPSA) is 27.7 Å². The Labute approximate surface area is 108 Å². The lowest BCUT2D eigenvalue weighted by molar-refractivity contribution is -0.142. The maximum absolute atomic E-state index is 13.0. The Morgan fingerprint density at radius 2 is 1.83 bits per heavy atom. The van der Waals surface area contributed by atoms with Gasteiger partial charge in [0.1, 0.15) is 11.6 Å². The zero-order valence-corrected chi connectivity index (χ0v) is 11.2. The van der Waals surface area contributed by atoms with Gasteiger partial charge in [-0.25, -0.2) is 4.39 Å². The molecule has 0 unspecified atom stereocenters. The number of hydrogen-bond donors (Lipinski definition) is 0. The van der Waals surface area contributed by atoms with Gasteiger partial charge in [0.2, 0.25) is 0 Å². The van der Waals surface area contributed by atoms with Crippen LogP contribution in [0.2, 0.25) is 0 Å². The SMILES string of the molecule is CCOC(CCOc1cc(F)ccc1C)OCC. The van der Waals surface area contributed by atoms with Crippen molar-refractivity contribution in [2.75, 3.05) is 19.8 Å². The van der Waals surface area contributed by atoms with Crippen LogP contribution in [-0.2, 0) is 9.47 Å². The molecule has 1 aromatic rings. The minimum atomic E-state index is -0.290. The molecule has 1 aromatic carbocycles. The van der Waals surface area contributed by atoms with Crippen LogP contribution >= 0.6 is 0 Å². The number of rotatable bonds is 8. The number of benzene rings is 1. The standard InChI is InChI=1S/C14H21FO3/c1-4-16-14(17-5-2)8-9-18-13-10-12(15)7-6-11(13)3/h6-7,10,14H,4-5,8-9H2,1-3H3. The van der Waals surface area contributed by atoms with Crippen molar-refractivity contribution < 1.29 is 18.6 Å². The largest absolute Gasteiger partial charge is 0.493 e. The Morgan fingerprint density at radius 1 is 1.17 bits per heavy atom. The Kier molecular flexibility index (Phi) is 6.68. The van der Waals surface area contributed by atoms with E-state index < -0.39 is 0 Å². The normalized spacial score (nSPS) is 10.9. The lowest BCUT2D eigenvalue weighted by Crippen LogP contribution is -2.20. The lowest BCUT2D eigenvalue weighted by Gasteiger charge is -2.17. The van der Waals surface area contributed by atoms with Gasteiger partial charge >= 0.3 is 0 Å². The van der Waals surface area contributed by atoms with Crippen molar-refractivity contribution in [3.63, 3.8) is 0 Å². The van der Waals surface area contributed by atoms with Gasteiger partial charge in [0.05, 0.1) is 6.61 Å². The zero-order valence-electron chi connectivity index (χ0n) is 11.2. The van der Waals surface area contributed by atoms with E-state index in [2.05, 4.69) is 0 Å². The molecular formula is C14H21FO3. The third kappa shape index (κ3) is 5.02. The number of ether oxygens (including phenoxy) is 3. The van der Waals surface area contributed by atoms with Gasteiger partial charge in [-0.2, -0.15) is 0 Å². The summed E-state index contributed by atoms with van der Waals surface area (Å²) in [6, 6.07) is 4.52. The van der Waals surface area contributed by atoms with Crippen LogP contribution in [0.3, 0.4) is 0 Å².